The molecular formula is C44H76O14. The second-order valence-electron chi connectivity index (χ2n) is 15.1. The topological polar surface area (TPSA) is 214 Å². The van der Waals surface area contributed by atoms with E-state index in [1.807, 2.05) is 12.2 Å². The van der Waals surface area contributed by atoms with Crippen molar-refractivity contribution in [3.8, 4) is 0 Å². The van der Waals surface area contributed by atoms with Crippen LogP contribution >= 0.6 is 0 Å². The Labute approximate surface area is 346 Å². The number of carbonyl (C=O) groups is 1. The van der Waals surface area contributed by atoms with Crippen molar-refractivity contribution in [2.45, 2.75) is 191 Å². The fourth-order valence-electron chi connectivity index (χ4n) is 6.53. The summed E-state index contributed by atoms with van der Waals surface area (Å²) < 4.78 is 34.0. The summed E-state index contributed by atoms with van der Waals surface area (Å²) >= 11 is 0. The van der Waals surface area contributed by atoms with Crippen molar-refractivity contribution in [3.05, 3.63) is 48.6 Å². The Balaban J connectivity index is 1.87. The molecule has 0 aliphatic carbocycles. The highest BCUT2D eigenvalue weighted by Crippen LogP contribution is 2.26. The average molecular weight is 829 g/mol. The van der Waals surface area contributed by atoms with Crippen LogP contribution in [-0.4, -0.2) is 142 Å². The molecule has 0 radical (unpaired) electrons. The lowest BCUT2D eigenvalue weighted by Gasteiger charge is -2.42. The van der Waals surface area contributed by atoms with E-state index >= 15 is 0 Å². The van der Waals surface area contributed by atoms with Crippen molar-refractivity contribution in [3.63, 3.8) is 0 Å². The monoisotopic (exact) mass is 829 g/mol. The quantitative estimate of drug-likeness (QED) is 0.0284. The first-order valence-corrected chi connectivity index (χ1v) is 21.7. The van der Waals surface area contributed by atoms with Gasteiger partial charge in [-0.3, -0.25) is 4.79 Å². The first-order valence-electron chi connectivity index (χ1n) is 21.7. The lowest BCUT2D eigenvalue weighted by Crippen LogP contribution is -2.61. The zero-order valence-electron chi connectivity index (χ0n) is 35.0. The lowest BCUT2D eigenvalue weighted by atomic mass is 9.98. The molecule has 2 fully saturated rings. The van der Waals surface area contributed by atoms with Gasteiger partial charge in [-0.15, -0.1) is 0 Å². The molecule has 2 aliphatic heterocycles. The first kappa shape index (κ1) is 52.1. The fraction of sp³-hybridized carbons (Fsp3) is 0.795. The Morgan fingerprint density at radius 1 is 0.586 bits per heavy atom. The van der Waals surface area contributed by atoms with Crippen molar-refractivity contribution in [2.24, 2.45) is 0 Å². The summed E-state index contributed by atoms with van der Waals surface area (Å²) in [5, 5.41) is 71.8. The third-order valence-electron chi connectivity index (χ3n) is 10.1. The molecule has 0 amide bonds. The van der Waals surface area contributed by atoms with Crippen LogP contribution in [0.25, 0.3) is 0 Å². The zero-order chi connectivity index (χ0) is 42.4. The van der Waals surface area contributed by atoms with Crippen LogP contribution in [0, 0.1) is 0 Å². The molecule has 2 rings (SSSR count). The standard InChI is InChI=1S/C44H76O14/c1-3-5-7-9-11-13-15-16-17-19-21-23-25-27-36(46)56-33(30-53-28-26-24-22-20-18-14-12-10-8-6-4-2)31-54-43-42(52)40(50)38(48)35(58-43)32-55-44-41(51)39(49)37(47)34(29-45)57-44/h5,7,11,13,16-17,21,23,33-35,37-45,47-52H,3-4,6,8-10,12,14-15,18-20,22,24-32H2,1-2H3/b7-5-,13-11-,17-16-,23-21-. The molecule has 2 heterocycles. The third kappa shape index (κ3) is 21.5. The second-order valence-corrected chi connectivity index (χ2v) is 15.1. The van der Waals surface area contributed by atoms with E-state index in [1.54, 1.807) is 0 Å². The molecule has 2 saturated heterocycles. The van der Waals surface area contributed by atoms with E-state index < -0.39 is 86.7 Å². The molecule has 14 nitrogen and oxygen atoms in total. The summed E-state index contributed by atoms with van der Waals surface area (Å²) in [5.41, 5.74) is 0. The van der Waals surface area contributed by atoms with Crippen molar-refractivity contribution in [2.75, 3.05) is 33.0 Å². The van der Waals surface area contributed by atoms with Crippen LogP contribution in [-0.2, 0) is 33.2 Å². The van der Waals surface area contributed by atoms with Crippen LogP contribution in [0.15, 0.2) is 48.6 Å². The molecule has 14 heteroatoms. The van der Waals surface area contributed by atoms with Gasteiger partial charge in [-0.1, -0.05) is 127 Å². The van der Waals surface area contributed by atoms with Gasteiger partial charge in [0.15, 0.2) is 12.6 Å². The van der Waals surface area contributed by atoms with Gasteiger partial charge < -0.3 is 64.2 Å². The molecular weight excluding hydrogens is 752 g/mol. The van der Waals surface area contributed by atoms with Gasteiger partial charge in [0, 0.05) is 13.0 Å². The molecule has 58 heavy (non-hydrogen) atoms. The third-order valence-corrected chi connectivity index (χ3v) is 10.1. The van der Waals surface area contributed by atoms with E-state index in [1.165, 1.54) is 51.4 Å². The number of hydrogen-bond acceptors (Lipinski definition) is 14. The molecule has 2 aliphatic rings. The van der Waals surface area contributed by atoms with Gasteiger partial charge in [0.05, 0.1) is 26.4 Å². The molecule has 0 aromatic carbocycles. The number of rotatable bonds is 32. The fourth-order valence-corrected chi connectivity index (χ4v) is 6.53. The highest BCUT2D eigenvalue weighted by Gasteiger charge is 2.47. The molecule has 0 spiro atoms. The molecule has 11 atom stereocenters. The van der Waals surface area contributed by atoms with Gasteiger partial charge in [-0.25, -0.2) is 0 Å². The van der Waals surface area contributed by atoms with E-state index in [0.29, 0.717) is 13.0 Å². The van der Waals surface area contributed by atoms with Gasteiger partial charge >= 0.3 is 5.97 Å². The summed E-state index contributed by atoms with van der Waals surface area (Å²) in [4.78, 5) is 12.9. The molecule has 336 valence electrons. The Morgan fingerprint density at radius 2 is 1.09 bits per heavy atom. The minimum absolute atomic E-state index is 0.0329. The number of unbranched alkanes of at least 4 members (excludes halogenated alkanes) is 10. The van der Waals surface area contributed by atoms with Crippen molar-refractivity contribution in [1.82, 2.24) is 0 Å². The predicted molar refractivity (Wildman–Crippen MR) is 219 cm³/mol. The molecule has 0 saturated carbocycles. The molecule has 0 aromatic heterocycles. The minimum Gasteiger partial charge on any atom is -0.457 e. The Morgan fingerprint density at radius 3 is 1.66 bits per heavy atom. The van der Waals surface area contributed by atoms with Crippen LogP contribution in [0.5, 0.6) is 0 Å². The summed E-state index contributed by atoms with van der Waals surface area (Å²) in [6, 6.07) is 0. The van der Waals surface area contributed by atoms with Crippen LogP contribution in [0.2, 0.25) is 0 Å². The largest absolute Gasteiger partial charge is 0.457 e. The number of esters is 1. The first-order chi connectivity index (χ1) is 28.1. The molecule has 11 unspecified atom stereocenters. The molecule has 0 bridgehead atoms. The number of allylic oxidation sites excluding steroid dienone is 8. The highest BCUT2D eigenvalue weighted by molar-refractivity contribution is 5.69. The van der Waals surface area contributed by atoms with Crippen LogP contribution < -0.4 is 0 Å². The number of aliphatic hydroxyl groups excluding tert-OH is 7. The molecule has 7 N–H and O–H groups in total. The van der Waals surface area contributed by atoms with Gasteiger partial charge in [-0.05, 0) is 38.5 Å². The van der Waals surface area contributed by atoms with E-state index in [4.69, 9.17) is 28.4 Å². The maximum Gasteiger partial charge on any atom is 0.306 e. The van der Waals surface area contributed by atoms with E-state index in [9.17, 15) is 40.5 Å². The summed E-state index contributed by atoms with van der Waals surface area (Å²) in [6.45, 7) is 3.44. The van der Waals surface area contributed by atoms with Crippen molar-refractivity contribution >= 4 is 5.97 Å². The van der Waals surface area contributed by atoms with Crippen LogP contribution in [0.3, 0.4) is 0 Å². The SMILES string of the molecule is CC/C=C\C/C=C\C/C=C\C/C=C\CCC(=O)OC(COCCCCCCCCCCCCC)COC1OC(COC2OC(CO)C(O)C(O)C2O)C(O)C(O)C1O. The predicted octanol–water partition coefficient (Wildman–Crippen LogP) is 4.45. The van der Waals surface area contributed by atoms with Crippen molar-refractivity contribution in [1.29, 1.82) is 0 Å². The smallest absolute Gasteiger partial charge is 0.306 e. The summed E-state index contributed by atoms with van der Waals surface area (Å²) in [5.74, 6) is -0.458. The number of aliphatic hydroxyl groups is 7. The maximum absolute atomic E-state index is 12.9. The van der Waals surface area contributed by atoms with Crippen LogP contribution in [0.4, 0.5) is 0 Å². The van der Waals surface area contributed by atoms with Gasteiger partial charge in [-0.2, -0.15) is 0 Å². The Kier molecular flexibility index (Phi) is 29.4. The summed E-state index contributed by atoms with van der Waals surface area (Å²) in [7, 11) is 0. The Hall–Kier alpha value is -2.05. The highest BCUT2D eigenvalue weighted by atomic mass is 16.7. The number of hydrogen-bond donors (Lipinski definition) is 7. The second kappa shape index (κ2) is 32.7. The van der Waals surface area contributed by atoms with E-state index in [2.05, 4.69) is 50.3 Å². The van der Waals surface area contributed by atoms with Gasteiger partial charge in [0.2, 0.25) is 0 Å². The maximum atomic E-state index is 12.9. The Bertz CT molecular complexity index is 1150. The van der Waals surface area contributed by atoms with Crippen molar-refractivity contribution < 1.29 is 69.0 Å². The normalized spacial score (nSPS) is 28.7. The minimum atomic E-state index is -1.72. The summed E-state index contributed by atoms with van der Waals surface area (Å²) in [6.07, 6.45) is 17.8. The zero-order valence-corrected chi connectivity index (χ0v) is 35.0. The number of carbonyl (C=O) groups excluding carboxylic acids is 1. The van der Waals surface area contributed by atoms with Crippen LogP contribution in [0.1, 0.15) is 123 Å². The van der Waals surface area contributed by atoms with Gasteiger partial charge in [0.25, 0.3) is 0 Å². The lowest BCUT2D eigenvalue weighted by molar-refractivity contribution is -0.332. The number of ether oxygens (including phenoxy) is 6. The van der Waals surface area contributed by atoms with E-state index in [-0.39, 0.29) is 19.6 Å². The molecule has 0 aromatic rings. The van der Waals surface area contributed by atoms with E-state index in [0.717, 1.165) is 44.9 Å². The average Bonchev–Trinajstić information content (AvgIpc) is 3.22. The van der Waals surface area contributed by atoms with Gasteiger partial charge in [0.1, 0.15) is 54.9 Å².